The van der Waals surface area contributed by atoms with Crippen molar-refractivity contribution in [2.75, 3.05) is 6.54 Å². The van der Waals surface area contributed by atoms with Crippen molar-refractivity contribution in [1.29, 1.82) is 0 Å². The van der Waals surface area contributed by atoms with E-state index in [9.17, 15) is 4.79 Å². The van der Waals surface area contributed by atoms with Crippen molar-refractivity contribution < 1.29 is 4.79 Å². The van der Waals surface area contributed by atoms with Gasteiger partial charge in [0.1, 0.15) is 0 Å². The van der Waals surface area contributed by atoms with Gasteiger partial charge in [-0.25, -0.2) is 0 Å². The van der Waals surface area contributed by atoms with E-state index in [0.717, 1.165) is 48.0 Å². The van der Waals surface area contributed by atoms with Crippen molar-refractivity contribution in [1.82, 2.24) is 19.7 Å². The number of carbonyl (C=O) groups excluding carboxylic acids is 1. The number of amides is 1. The van der Waals surface area contributed by atoms with Crippen LogP contribution in [0.2, 0.25) is 10.0 Å². The summed E-state index contributed by atoms with van der Waals surface area (Å²) < 4.78 is 2.11. The van der Waals surface area contributed by atoms with Gasteiger partial charge in [0, 0.05) is 34.5 Å². The number of carbonyl (C=O) groups is 1. The average molecular weight is 475 g/mol. The highest BCUT2D eigenvalue weighted by Crippen LogP contribution is 2.35. The lowest BCUT2D eigenvalue weighted by Gasteiger charge is -2.24. The minimum absolute atomic E-state index is 0.0512. The zero-order valence-electron chi connectivity index (χ0n) is 17.5. The molecule has 3 aromatic rings. The minimum atomic E-state index is -0.0604. The Labute approximate surface area is 196 Å². The molecule has 0 radical (unpaired) electrons. The molecule has 2 heterocycles. The lowest BCUT2D eigenvalue weighted by Crippen LogP contribution is -2.32. The Bertz CT molecular complexity index is 1080. The molecule has 1 aliphatic rings. The number of likely N-dealkylation sites (tertiary alicyclic amines) is 1. The van der Waals surface area contributed by atoms with Crippen molar-refractivity contribution in [3.05, 3.63) is 75.0 Å². The molecule has 162 valence electrons. The van der Waals surface area contributed by atoms with Crippen LogP contribution in [0.15, 0.2) is 47.6 Å². The average Bonchev–Trinajstić information content (AvgIpc) is 3.39. The Morgan fingerprint density at radius 2 is 1.94 bits per heavy atom. The Morgan fingerprint density at radius 1 is 1.16 bits per heavy atom. The van der Waals surface area contributed by atoms with Gasteiger partial charge in [0.05, 0.1) is 6.04 Å². The van der Waals surface area contributed by atoms with Crippen LogP contribution < -0.4 is 0 Å². The third-order valence-corrected chi connectivity index (χ3v) is 7.15. The van der Waals surface area contributed by atoms with Gasteiger partial charge in [0.25, 0.3) is 5.91 Å². The summed E-state index contributed by atoms with van der Waals surface area (Å²) in [6.07, 6.45) is 1.85. The van der Waals surface area contributed by atoms with Crippen LogP contribution in [0, 0.1) is 6.92 Å². The van der Waals surface area contributed by atoms with Gasteiger partial charge >= 0.3 is 0 Å². The molecule has 0 N–H and O–H groups in total. The van der Waals surface area contributed by atoms with Crippen LogP contribution in [-0.4, -0.2) is 32.1 Å². The maximum Gasteiger partial charge on any atom is 0.254 e. The number of aryl methyl sites for hydroxylation is 1. The van der Waals surface area contributed by atoms with Gasteiger partial charge in [-0.2, -0.15) is 0 Å². The first kappa shape index (κ1) is 22.2. The van der Waals surface area contributed by atoms with E-state index < -0.39 is 0 Å². The van der Waals surface area contributed by atoms with Crippen LogP contribution in [0.4, 0.5) is 0 Å². The van der Waals surface area contributed by atoms with Crippen LogP contribution in [0.3, 0.4) is 0 Å². The topological polar surface area (TPSA) is 51.0 Å². The molecule has 1 aliphatic heterocycles. The predicted molar refractivity (Wildman–Crippen MR) is 126 cm³/mol. The molecule has 8 heteroatoms. The summed E-state index contributed by atoms with van der Waals surface area (Å²) >= 11 is 13.9. The highest BCUT2D eigenvalue weighted by atomic mass is 35.5. The summed E-state index contributed by atoms with van der Waals surface area (Å²) in [7, 11) is 0. The monoisotopic (exact) mass is 474 g/mol. The molecule has 1 saturated heterocycles. The first-order chi connectivity index (χ1) is 15.0. The SMILES string of the molecule is CCn1c(SCc2ccc(Cl)cc2Cl)nnc1C1CCCN1C(=O)c1ccc(C)cc1. The number of rotatable bonds is 6. The lowest BCUT2D eigenvalue weighted by atomic mass is 10.1. The van der Waals surface area contributed by atoms with E-state index >= 15 is 0 Å². The summed E-state index contributed by atoms with van der Waals surface area (Å²) in [5.41, 5.74) is 2.86. The number of hydrogen-bond acceptors (Lipinski definition) is 4. The lowest BCUT2D eigenvalue weighted by molar-refractivity contribution is 0.0727. The van der Waals surface area contributed by atoms with Crippen LogP contribution >= 0.6 is 35.0 Å². The largest absolute Gasteiger partial charge is 0.328 e. The zero-order chi connectivity index (χ0) is 22.0. The number of hydrogen-bond donors (Lipinski definition) is 0. The second kappa shape index (κ2) is 9.63. The highest BCUT2D eigenvalue weighted by molar-refractivity contribution is 7.98. The summed E-state index contributed by atoms with van der Waals surface area (Å²) in [4.78, 5) is 15.1. The van der Waals surface area contributed by atoms with E-state index in [1.807, 2.05) is 48.2 Å². The minimum Gasteiger partial charge on any atom is -0.328 e. The van der Waals surface area contributed by atoms with Gasteiger partial charge in [-0.15, -0.1) is 10.2 Å². The van der Waals surface area contributed by atoms with Crippen molar-refractivity contribution in [3.63, 3.8) is 0 Å². The van der Waals surface area contributed by atoms with E-state index in [1.54, 1.807) is 17.8 Å². The van der Waals surface area contributed by atoms with Crippen molar-refractivity contribution in [2.45, 2.75) is 50.2 Å². The molecule has 1 unspecified atom stereocenters. The highest BCUT2D eigenvalue weighted by Gasteiger charge is 2.34. The normalized spacial score (nSPS) is 16.1. The second-order valence-electron chi connectivity index (χ2n) is 7.63. The Hall–Kier alpha value is -2.02. The summed E-state index contributed by atoms with van der Waals surface area (Å²) in [6, 6.07) is 13.2. The molecular formula is C23H24Cl2N4OS. The van der Waals surface area contributed by atoms with Gasteiger partial charge < -0.3 is 9.47 Å². The molecule has 1 aromatic heterocycles. The quantitative estimate of drug-likeness (QED) is 0.400. The van der Waals surface area contributed by atoms with E-state index in [4.69, 9.17) is 23.2 Å². The molecule has 1 fully saturated rings. The van der Waals surface area contributed by atoms with Crippen LogP contribution in [0.25, 0.3) is 0 Å². The molecule has 0 spiro atoms. The fraction of sp³-hybridized carbons (Fsp3) is 0.348. The van der Waals surface area contributed by atoms with Gasteiger partial charge in [-0.05, 0) is 56.5 Å². The summed E-state index contributed by atoms with van der Waals surface area (Å²) in [5, 5.41) is 11.0. The van der Waals surface area contributed by atoms with Gasteiger partial charge in [-0.3, -0.25) is 4.79 Å². The third kappa shape index (κ3) is 4.76. The third-order valence-electron chi connectivity index (χ3n) is 5.54. The first-order valence-corrected chi connectivity index (χ1v) is 12.1. The Balaban J connectivity index is 1.54. The van der Waals surface area contributed by atoms with Crippen molar-refractivity contribution in [2.24, 2.45) is 0 Å². The van der Waals surface area contributed by atoms with Gasteiger partial charge in [-0.1, -0.05) is 58.7 Å². The molecule has 0 saturated carbocycles. The number of halogens is 2. The Kier molecular flexibility index (Phi) is 6.89. The van der Waals surface area contributed by atoms with Crippen molar-refractivity contribution in [3.8, 4) is 0 Å². The molecule has 4 rings (SSSR count). The number of nitrogens with zero attached hydrogens (tertiary/aromatic N) is 4. The van der Waals surface area contributed by atoms with Gasteiger partial charge in [0.2, 0.25) is 0 Å². The molecule has 1 atom stereocenters. The van der Waals surface area contributed by atoms with Gasteiger partial charge in [0.15, 0.2) is 11.0 Å². The van der Waals surface area contributed by atoms with Crippen LogP contribution in [0.5, 0.6) is 0 Å². The predicted octanol–water partition coefficient (Wildman–Crippen LogP) is 6.18. The molecule has 31 heavy (non-hydrogen) atoms. The maximum absolute atomic E-state index is 13.2. The molecular weight excluding hydrogens is 451 g/mol. The van der Waals surface area contributed by atoms with E-state index in [-0.39, 0.29) is 11.9 Å². The smallest absolute Gasteiger partial charge is 0.254 e. The molecule has 0 bridgehead atoms. The zero-order valence-corrected chi connectivity index (χ0v) is 19.8. The van der Waals surface area contributed by atoms with Crippen LogP contribution in [-0.2, 0) is 12.3 Å². The molecule has 0 aliphatic carbocycles. The molecule has 5 nitrogen and oxygen atoms in total. The summed E-state index contributed by atoms with van der Waals surface area (Å²) in [5.74, 6) is 1.57. The fourth-order valence-electron chi connectivity index (χ4n) is 3.87. The molecule has 2 aromatic carbocycles. The van der Waals surface area contributed by atoms with Crippen LogP contribution in [0.1, 0.15) is 53.1 Å². The van der Waals surface area contributed by atoms with E-state index in [2.05, 4.69) is 21.7 Å². The van der Waals surface area contributed by atoms with E-state index in [1.165, 1.54) is 0 Å². The number of thioether (sulfide) groups is 1. The van der Waals surface area contributed by atoms with E-state index in [0.29, 0.717) is 21.4 Å². The fourth-order valence-corrected chi connectivity index (χ4v) is 5.44. The number of aromatic nitrogens is 3. The van der Waals surface area contributed by atoms with Crippen molar-refractivity contribution >= 4 is 40.9 Å². The first-order valence-electron chi connectivity index (χ1n) is 10.4. The standard InChI is InChI=1S/C23H24Cl2N4OS/c1-3-28-21(26-27-23(28)31-14-17-10-11-18(24)13-19(17)25)20-5-4-12-29(20)22(30)16-8-6-15(2)7-9-16/h6-11,13,20H,3-5,12,14H2,1-2H3. The summed E-state index contributed by atoms with van der Waals surface area (Å²) in [6.45, 7) is 5.57. The molecule has 1 amide bonds. The maximum atomic E-state index is 13.2. The number of benzene rings is 2. The Morgan fingerprint density at radius 3 is 2.65 bits per heavy atom. The second-order valence-corrected chi connectivity index (χ2v) is 9.42.